The van der Waals surface area contributed by atoms with Gasteiger partial charge in [-0.1, -0.05) is 6.07 Å². The molecular formula is C18H12BrF3N5O7P. The average molecular weight is 578 g/mol. The zero-order chi connectivity index (χ0) is 25.4. The molecule has 0 aliphatic carbocycles. The predicted molar refractivity (Wildman–Crippen MR) is 115 cm³/mol. The maximum atomic E-state index is 12.6. The molecule has 2 aromatic heterocycles. The van der Waals surface area contributed by atoms with Crippen molar-refractivity contribution in [3.05, 3.63) is 52.5 Å². The van der Waals surface area contributed by atoms with Crippen molar-refractivity contribution >= 4 is 46.3 Å². The van der Waals surface area contributed by atoms with Gasteiger partial charge in [0.1, 0.15) is 11.3 Å². The SMILES string of the molecule is O=C(Nc1ccc(OC(F)(F)F)c(Br)c1)c1ccc2cc(-c3nnn(COP(=O)(O)O)n3)oc2c1. The molecule has 0 radical (unpaired) electrons. The zero-order valence-electron chi connectivity index (χ0n) is 16.9. The molecule has 17 heteroatoms. The Balaban J connectivity index is 1.48. The maximum Gasteiger partial charge on any atom is 0.573 e. The minimum absolute atomic E-state index is 0.00697. The Bertz CT molecular complexity index is 1450. The molecule has 0 atom stereocenters. The molecule has 4 rings (SSSR count). The van der Waals surface area contributed by atoms with Gasteiger partial charge in [0.05, 0.1) is 4.47 Å². The van der Waals surface area contributed by atoms with E-state index in [1.165, 1.54) is 24.3 Å². The molecule has 4 aromatic rings. The van der Waals surface area contributed by atoms with E-state index < -0.39 is 32.6 Å². The first-order valence-corrected chi connectivity index (χ1v) is 11.6. The Hall–Kier alpha value is -3.30. The molecule has 0 aliphatic heterocycles. The Morgan fingerprint density at radius 2 is 1.97 bits per heavy atom. The summed E-state index contributed by atoms with van der Waals surface area (Å²) in [6, 6.07) is 9.66. The van der Waals surface area contributed by atoms with Gasteiger partial charge >= 0.3 is 14.2 Å². The first-order valence-electron chi connectivity index (χ1n) is 9.25. The van der Waals surface area contributed by atoms with Crippen LogP contribution in [0, 0.1) is 0 Å². The van der Waals surface area contributed by atoms with Crippen molar-refractivity contribution in [3.63, 3.8) is 0 Å². The summed E-state index contributed by atoms with van der Waals surface area (Å²) >= 11 is 2.97. The summed E-state index contributed by atoms with van der Waals surface area (Å²) in [5, 5.41) is 14.4. The van der Waals surface area contributed by atoms with Crippen LogP contribution in [0.3, 0.4) is 0 Å². The molecule has 0 saturated carbocycles. The lowest BCUT2D eigenvalue weighted by Gasteiger charge is -2.12. The monoisotopic (exact) mass is 577 g/mol. The van der Waals surface area contributed by atoms with Crippen LogP contribution in [0.1, 0.15) is 10.4 Å². The lowest BCUT2D eigenvalue weighted by atomic mass is 10.1. The minimum atomic E-state index is -4.86. The molecule has 184 valence electrons. The molecule has 0 bridgehead atoms. The highest BCUT2D eigenvalue weighted by Crippen LogP contribution is 2.36. The Kier molecular flexibility index (Phi) is 6.66. The standard InChI is InChI=1S/C18H12BrF3N5O7P/c19-12-7-11(3-4-13(12)34-18(20,21)22)23-17(28)10-2-1-9-5-15(33-14(9)6-10)16-24-26-27(25-16)8-32-35(29,30)31/h1-7H,8H2,(H,23,28)(H2,29,30,31). The van der Waals surface area contributed by atoms with Crippen molar-refractivity contribution in [2.45, 2.75) is 13.1 Å². The highest BCUT2D eigenvalue weighted by molar-refractivity contribution is 9.10. The number of carbonyl (C=O) groups is 1. The first kappa shape index (κ1) is 24.8. The highest BCUT2D eigenvalue weighted by Gasteiger charge is 2.32. The number of nitrogens with zero attached hydrogens (tertiary/aromatic N) is 4. The molecule has 2 heterocycles. The fraction of sp³-hybridized carbons (Fsp3) is 0.111. The van der Waals surface area contributed by atoms with Gasteiger partial charge in [0, 0.05) is 16.6 Å². The van der Waals surface area contributed by atoms with E-state index >= 15 is 0 Å². The van der Waals surface area contributed by atoms with Crippen molar-refractivity contribution in [1.29, 1.82) is 0 Å². The third-order valence-electron chi connectivity index (χ3n) is 4.21. The minimum Gasteiger partial charge on any atom is -0.453 e. The van der Waals surface area contributed by atoms with Gasteiger partial charge in [0.15, 0.2) is 12.5 Å². The quantitative estimate of drug-likeness (QED) is 0.273. The number of ether oxygens (including phenoxy) is 1. The number of alkyl halides is 3. The van der Waals surface area contributed by atoms with Crippen molar-refractivity contribution in [2.75, 3.05) is 5.32 Å². The molecule has 0 aliphatic rings. The number of furan rings is 1. The van der Waals surface area contributed by atoms with Crippen molar-refractivity contribution in [1.82, 2.24) is 20.2 Å². The number of fused-ring (bicyclic) bond motifs is 1. The van der Waals surface area contributed by atoms with Crippen LogP contribution in [0.15, 0.2) is 51.4 Å². The molecule has 0 fully saturated rings. The van der Waals surface area contributed by atoms with E-state index in [-0.39, 0.29) is 27.3 Å². The largest absolute Gasteiger partial charge is 0.573 e. The third kappa shape index (κ3) is 6.43. The fourth-order valence-corrected chi connectivity index (χ4v) is 3.51. The van der Waals surface area contributed by atoms with E-state index in [2.05, 4.69) is 45.9 Å². The van der Waals surface area contributed by atoms with E-state index in [4.69, 9.17) is 14.2 Å². The number of tetrazole rings is 1. The third-order valence-corrected chi connectivity index (χ3v) is 5.28. The Morgan fingerprint density at radius 1 is 1.20 bits per heavy atom. The maximum absolute atomic E-state index is 12.6. The van der Waals surface area contributed by atoms with E-state index in [9.17, 15) is 22.5 Å². The first-order chi connectivity index (χ1) is 16.4. The number of hydrogen-bond acceptors (Lipinski definition) is 8. The number of benzene rings is 2. The predicted octanol–water partition coefficient (Wildman–Crippen LogP) is 4.07. The fourth-order valence-electron chi connectivity index (χ4n) is 2.80. The Labute approximate surface area is 201 Å². The van der Waals surface area contributed by atoms with Gasteiger partial charge in [-0.3, -0.25) is 9.32 Å². The summed E-state index contributed by atoms with van der Waals surface area (Å²) in [7, 11) is -4.72. The van der Waals surface area contributed by atoms with Gasteiger partial charge in [-0.05, 0) is 57.5 Å². The zero-order valence-corrected chi connectivity index (χ0v) is 19.4. The second kappa shape index (κ2) is 9.39. The molecule has 12 nitrogen and oxygen atoms in total. The molecule has 0 unspecified atom stereocenters. The Morgan fingerprint density at radius 3 is 2.66 bits per heavy atom. The molecule has 35 heavy (non-hydrogen) atoms. The molecular weight excluding hydrogens is 566 g/mol. The number of halogens is 4. The average Bonchev–Trinajstić information content (AvgIpc) is 3.39. The smallest absolute Gasteiger partial charge is 0.453 e. The summed E-state index contributed by atoms with van der Waals surface area (Å²) in [4.78, 5) is 30.9. The second-order valence-corrected chi connectivity index (χ2v) is 8.84. The molecule has 3 N–H and O–H groups in total. The van der Waals surface area contributed by atoms with Crippen LogP contribution in [0.4, 0.5) is 18.9 Å². The number of rotatable bonds is 7. The number of phosphoric ester groups is 1. The summed E-state index contributed by atoms with van der Waals surface area (Å²) in [6.45, 7) is -0.638. The van der Waals surface area contributed by atoms with Crippen LogP contribution >= 0.6 is 23.8 Å². The molecule has 0 saturated heterocycles. The van der Waals surface area contributed by atoms with E-state index in [1.807, 2.05) is 0 Å². The molecule has 1 amide bonds. The number of amides is 1. The van der Waals surface area contributed by atoms with Crippen molar-refractivity contribution < 1.29 is 46.0 Å². The number of carbonyl (C=O) groups excluding carboxylic acids is 1. The van der Waals surface area contributed by atoms with E-state index in [1.54, 1.807) is 12.1 Å². The van der Waals surface area contributed by atoms with Crippen LogP contribution in [0.2, 0.25) is 0 Å². The number of hydrogen-bond donors (Lipinski definition) is 3. The van der Waals surface area contributed by atoms with Crippen LogP contribution < -0.4 is 10.1 Å². The number of phosphoric acid groups is 1. The lowest BCUT2D eigenvalue weighted by molar-refractivity contribution is -0.274. The number of nitrogens with one attached hydrogen (secondary N) is 1. The van der Waals surface area contributed by atoms with Crippen LogP contribution in [0.5, 0.6) is 5.75 Å². The normalized spacial score (nSPS) is 12.2. The van der Waals surface area contributed by atoms with Gasteiger partial charge in [-0.2, -0.15) is 0 Å². The molecule has 2 aromatic carbocycles. The van der Waals surface area contributed by atoms with Gasteiger partial charge in [0.2, 0.25) is 5.82 Å². The van der Waals surface area contributed by atoms with E-state index in [0.717, 1.165) is 10.9 Å². The molecule has 0 spiro atoms. The van der Waals surface area contributed by atoms with Gasteiger partial charge in [-0.15, -0.1) is 28.2 Å². The summed E-state index contributed by atoms with van der Waals surface area (Å²) < 4.78 is 61.8. The number of aromatic nitrogens is 4. The summed E-state index contributed by atoms with van der Waals surface area (Å²) in [6.07, 6.45) is -4.86. The van der Waals surface area contributed by atoms with Crippen LogP contribution in [-0.4, -0.2) is 42.3 Å². The second-order valence-electron chi connectivity index (χ2n) is 6.74. The highest BCUT2D eigenvalue weighted by atomic mass is 79.9. The lowest BCUT2D eigenvalue weighted by Crippen LogP contribution is -2.17. The van der Waals surface area contributed by atoms with Gasteiger partial charge < -0.3 is 24.3 Å². The van der Waals surface area contributed by atoms with Crippen molar-refractivity contribution in [2.24, 2.45) is 0 Å². The van der Waals surface area contributed by atoms with Crippen molar-refractivity contribution in [3.8, 4) is 17.3 Å². The van der Waals surface area contributed by atoms with E-state index in [0.29, 0.717) is 11.0 Å². The summed E-state index contributed by atoms with van der Waals surface area (Å²) in [5.41, 5.74) is 0.706. The number of anilines is 1. The van der Waals surface area contributed by atoms with Gasteiger partial charge in [0.25, 0.3) is 5.91 Å². The van der Waals surface area contributed by atoms with Crippen LogP contribution in [-0.2, 0) is 15.8 Å². The van der Waals surface area contributed by atoms with Crippen LogP contribution in [0.25, 0.3) is 22.6 Å². The van der Waals surface area contributed by atoms with Gasteiger partial charge in [-0.25, -0.2) is 4.57 Å². The topological polar surface area (TPSA) is 162 Å². The summed E-state index contributed by atoms with van der Waals surface area (Å²) in [5.74, 6) is -0.838.